The standard InChI is InChI=1S/C24H32N2O5/c1-16-14-20(22-18-6-3-4-7-19(18)24(28)31-21(22)15-16)30-17(2)23(27)25-8-5-9-26-10-12-29-13-11-26/h14-15,17H,3-13H2,1-2H3,(H,25,27)/p+1/t17-/m1/s1. The second-order valence-corrected chi connectivity index (χ2v) is 8.71. The Morgan fingerprint density at radius 1 is 1.19 bits per heavy atom. The molecule has 1 fully saturated rings. The highest BCUT2D eigenvalue weighted by atomic mass is 16.5. The molecule has 0 radical (unpaired) electrons. The lowest BCUT2D eigenvalue weighted by molar-refractivity contribution is -0.908. The van der Waals surface area contributed by atoms with Gasteiger partial charge in [0.1, 0.15) is 24.4 Å². The van der Waals surface area contributed by atoms with E-state index in [1.54, 1.807) is 6.92 Å². The van der Waals surface area contributed by atoms with Crippen LogP contribution < -0.4 is 20.6 Å². The summed E-state index contributed by atoms with van der Waals surface area (Å²) in [7, 11) is 0. The Balaban J connectivity index is 1.43. The van der Waals surface area contributed by atoms with Crippen molar-refractivity contribution in [2.24, 2.45) is 0 Å². The average molecular weight is 430 g/mol. The Labute approximate surface area is 182 Å². The number of fused-ring (bicyclic) bond motifs is 3. The van der Waals surface area contributed by atoms with Crippen LogP contribution in [0.2, 0.25) is 0 Å². The number of carbonyl (C=O) groups excluding carboxylic acids is 1. The molecule has 1 atom stereocenters. The molecule has 2 aliphatic rings. The highest BCUT2D eigenvalue weighted by Gasteiger charge is 2.23. The molecule has 1 aromatic heterocycles. The van der Waals surface area contributed by atoms with E-state index in [0.717, 1.165) is 87.0 Å². The van der Waals surface area contributed by atoms with E-state index in [4.69, 9.17) is 13.9 Å². The molecule has 4 rings (SSSR count). The summed E-state index contributed by atoms with van der Waals surface area (Å²) in [6.07, 6.45) is 3.91. The summed E-state index contributed by atoms with van der Waals surface area (Å²) >= 11 is 0. The molecule has 7 heteroatoms. The number of morpholine rings is 1. The summed E-state index contributed by atoms with van der Waals surface area (Å²) < 4.78 is 17.1. The van der Waals surface area contributed by atoms with Crippen molar-refractivity contribution in [2.45, 2.75) is 52.1 Å². The zero-order chi connectivity index (χ0) is 21.8. The first kappa shape index (κ1) is 21.8. The summed E-state index contributed by atoms with van der Waals surface area (Å²) in [5, 5.41) is 3.84. The molecule has 0 unspecified atom stereocenters. The molecule has 31 heavy (non-hydrogen) atoms. The molecule has 1 amide bonds. The first-order chi connectivity index (χ1) is 15.0. The van der Waals surface area contributed by atoms with Gasteiger partial charge in [0.15, 0.2) is 6.10 Å². The van der Waals surface area contributed by atoms with E-state index in [0.29, 0.717) is 17.9 Å². The second-order valence-electron chi connectivity index (χ2n) is 8.71. The molecule has 2 N–H and O–H groups in total. The number of aryl methyl sites for hydroxylation is 2. The maximum absolute atomic E-state index is 12.6. The van der Waals surface area contributed by atoms with Gasteiger partial charge in [0.2, 0.25) is 0 Å². The topological polar surface area (TPSA) is 82.2 Å². The van der Waals surface area contributed by atoms with E-state index in [9.17, 15) is 9.59 Å². The van der Waals surface area contributed by atoms with Crippen LogP contribution in [0, 0.1) is 6.92 Å². The van der Waals surface area contributed by atoms with Gasteiger partial charge in [-0.05, 0) is 62.8 Å². The molecule has 2 aromatic rings. The molecule has 1 saturated heterocycles. The summed E-state index contributed by atoms with van der Waals surface area (Å²) in [4.78, 5) is 26.6. The predicted molar refractivity (Wildman–Crippen MR) is 118 cm³/mol. The first-order valence-corrected chi connectivity index (χ1v) is 11.5. The van der Waals surface area contributed by atoms with E-state index in [1.807, 2.05) is 19.1 Å². The maximum Gasteiger partial charge on any atom is 0.339 e. The third-order valence-electron chi connectivity index (χ3n) is 6.31. The van der Waals surface area contributed by atoms with Gasteiger partial charge >= 0.3 is 5.63 Å². The van der Waals surface area contributed by atoms with Crippen LogP contribution in [-0.4, -0.2) is 51.4 Å². The second kappa shape index (κ2) is 9.83. The number of quaternary nitrogens is 1. The van der Waals surface area contributed by atoms with E-state index in [1.165, 1.54) is 4.90 Å². The number of hydrogen-bond donors (Lipinski definition) is 2. The van der Waals surface area contributed by atoms with Crippen LogP contribution in [0.25, 0.3) is 11.0 Å². The Morgan fingerprint density at radius 2 is 1.94 bits per heavy atom. The lowest BCUT2D eigenvalue weighted by Gasteiger charge is -2.24. The fourth-order valence-electron chi connectivity index (χ4n) is 4.61. The SMILES string of the molecule is Cc1cc(O[C@H](C)C(=O)NCCC[NH+]2CCOCC2)c2c3c(c(=O)oc2c1)CCCC3. The van der Waals surface area contributed by atoms with Crippen molar-refractivity contribution < 1.29 is 23.6 Å². The normalized spacial score (nSPS) is 17.9. The number of carbonyl (C=O) groups is 1. The Bertz CT molecular complexity index is 994. The summed E-state index contributed by atoms with van der Waals surface area (Å²) in [6.45, 7) is 9.08. The van der Waals surface area contributed by atoms with Crippen LogP contribution in [0.15, 0.2) is 21.3 Å². The lowest BCUT2D eigenvalue weighted by atomic mass is 9.90. The Kier molecular flexibility index (Phi) is 6.92. The van der Waals surface area contributed by atoms with E-state index >= 15 is 0 Å². The van der Waals surface area contributed by atoms with Crippen LogP contribution in [-0.2, 0) is 22.4 Å². The van der Waals surface area contributed by atoms with Gasteiger partial charge in [0.25, 0.3) is 5.91 Å². The number of ether oxygens (including phenoxy) is 2. The smallest absolute Gasteiger partial charge is 0.339 e. The monoisotopic (exact) mass is 429 g/mol. The van der Waals surface area contributed by atoms with Crippen molar-refractivity contribution in [3.05, 3.63) is 39.2 Å². The van der Waals surface area contributed by atoms with Crippen molar-refractivity contribution in [1.29, 1.82) is 0 Å². The lowest BCUT2D eigenvalue weighted by Crippen LogP contribution is -3.14. The molecule has 0 bridgehead atoms. The summed E-state index contributed by atoms with van der Waals surface area (Å²) in [5.74, 6) is 0.496. The van der Waals surface area contributed by atoms with Crippen molar-refractivity contribution in [2.75, 3.05) is 39.4 Å². The van der Waals surface area contributed by atoms with E-state index in [-0.39, 0.29) is 11.5 Å². The third-order valence-corrected chi connectivity index (χ3v) is 6.31. The number of benzene rings is 1. The average Bonchev–Trinajstić information content (AvgIpc) is 2.77. The van der Waals surface area contributed by atoms with E-state index in [2.05, 4.69) is 5.32 Å². The Morgan fingerprint density at radius 3 is 2.71 bits per heavy atom. The zero-order valence-corrected chi connectivity index (χ0v) is 18.6. The fourth-order valence-corrected chi connectivity index (χ4v) is 4.61. The molecular weight excluding hydrogens is 396 g/mol. The highest BCUT2D eigenvalue weighted by molar-refractivity contribution is 5.89. The molecule has 0 spiro atoms. The molecule has 1 aliphatic carbocycles. The molecule has 1 aliphatic heterocycles. The number of rotatable bonds is 7. The van der Waals surface area contributed by atoms with Gasteiger partial charge < -0.3 is 24.1 Å². The molecular formula is C24H33N2O5+. The quantitative estimate of drug-likeness (QED) is 0.510. The van der Waals surface area contributed by atoms with Crippen LogP contribution in [0.4, 0.5) is 0 Å². The van der Waals surface area contributed by atoms with Gasteiger partial charge in [0, 0.05) is 18.5 Å². The van der Waals surface area contributed by atoms with Gasteiger partial charge in [-0.2, -0.15) is 0 Å². The minimum Gasteiger partial charge on any atom is -0.480 e. The van der Waals surface area contributed by atoms with E-state index < -0.39 is 6.10 Å². The molecule has 168 valence electrons. The highest BCUT2D eigenvalue weighted by Crippen LogP contribution is 2.35. The third kappa shape index (κ3) is 5.10. The van der Waals surface area contributed by atoms with Crippen molar-refractivity contribution in [3.8, 4) is 5.75 Å². The van der Waals surface area contributed by atoms with Crippen molar-refractivity contribution >= 4 is 16.9 Å². The largest absolute Gasteiger partial charge is 0.480 e. The van der Waals surface area contributed by atoms with Crippen molar-refractivity contribution in [1.82, 2.24) is 5.32 Å². The molecule has 1 aromatic carbocycles. The number of hydrogen-bond acceptors (Lipinski definition) is 5. The van der Waals surface area contributed by atoms with Crippen LogP contribution >= 0.6 is 0 Å². The summed E-state index contributed by atoms with van der Waals surface area (Å²) in [6, 6.07) is 3.81. The van der Waals surface area contributed by atoms with Gasteiger partial charge in [-0.25, -0.2) is 4.79 Å². The number of amides is 1. The molecule has 0 saturated carbocycles. The van der Waals surface area contributed by atoms with Gasteiger partial charge in [0.05, 0.1) is 25.1 Å². The number of nitrogens with one attached hydrogen (secondary N) is 2. The van der Waals surface area contributed by atoms with Gasteiger partial charge in [-0.3, -0.25) is 4.79 Å². The minimum atomic E-state index is -0.632. The van der Waals surface area contributed by atoms with Crippen LogP contribution in [0.3, 0.4) is 0 Å². The maximum atomic E-state index is 12.6. The predicted octanol–water partition coefficient (Wildman–Crippen LogP) is 1.17. The van der Waals surface area contributed by atoms with Crippen molar-refractivity contribution in [3.63, 3.8) is 0 Å². The zero-order valence-electron chi connectivity index (χ0n) is 18.6. The first-order valence-electron chi connectivity index (χ1n) is 11.5. The molecule has 2 heterocycles. The summed E-state index contributed by atoms with van der Waals surface area (Å²) in [5.41, 5.74) is 3.01. The Hall–Kier alpha value is -2.38. The van der Waals surface area contributed by atoms with Gasteiger partial charge in [-0.1, -0.05) is 0 Å². The fraction of sp³-hybridized carbons (Fsp3) is 0.583. The van der Waals surface area contributed by atoms with Crippen LogP contribution in [0.5, 0.6) is 5.75 Å². The molecule has 7 nitrogen and oxygen atoms in total. The van der Waals surface area contributed by atoms with Gasteiger partial charge in [-0.15, -0.1) is 0 Å². The minimum absolute atomic E-state index is 0.127. The van der Waals surface area contributed by atoms with Crippen LogP contribution in [0.1, 0.15) is 42.9 Å².